The predicted octanol–water partition coefficient (Wildman–Crippen LogP) is 3.11. The zero-order valence-electron chi connectivity index (χ0n) is 12.8. The summed E-state index contributed by atoms with van der Waals surface area (Å²) in [5.41, 5.74) is 0.879. The number of halogens is 1. The third kappa shape index (κ3) is 3.29. The van der Waals surface area contributed by atoms with Crippen molar-refractivity contribution < 1.29 is 13.8 Å². The van der Waals surface area contributed by atoms with Gasteiger partial charge < -0.3 is 9.64 Å². The molecule has 2 aliphatic heterocycles. The van der Waals surface area contributed by atoms with E-state index < -0.39 is 5.92 Å². The molecule has 0 aromatic heterocycles. The van der Waals surface area contributed by atoms with Gasteiger partial charge in [0.1, 0.15) is 12.0 Å². The summed E-state index contributed by atoms with van der Waals surface area (Å²) in [7, 11) is 2.18. The molecule has 0 amide bonds. The number of carbonyl (C=O) groups is 1. The Labute approximate surface area is 136 Å². The van der Waals surface area contributed by atoms with Crippen molar-refractivity contribution in [1.82, 2.24) is 4.90 Å². The van der Waals surface area contributed by atoms with Gasteiger partial charge in [0.05, 0.1) is 18.5 Å². The second-order valence-corrected chi connectivity index (χ2v) is 6.54. The van der Waals surface area contributed by atoms with E-state index in [1.165, 1.54) is 12.8 Å². The molecule has 2 heterocycles. The molecule has 1 aromatic carbocycles. The number of carbonyl (C=O) groups excluding carboxylic acids is 1. The number of benzene rings is 1. The average Bonchev–Trinajstić information content (AvgIpc) is 2.75. The van der Waals surface area contributed by atoms with E-state index in [0.717, 1.165) is 18.4 Å². The fraction of sp³-hybridized carbons (Fsp3) is 0.588. The maximum atomic E-state index is 12.5. The first kappa shape index (κ1) is 15.8. The van der Waals surface area contributed by atoms with Gasteiger partial charge in [0.15, 0.2) is 0 Å². The molecule has 120 valence electrons. The molecule has 0 aliphatic carbocycles. The van der Waals surface area contributed by atoms with E-state index in [1.54, 1.807) is 0 Å². The molecule has 4 nitrogen and oxygen atoms in total. The number of esters is 1. The van der Waals surface area contributed by atoms with Crippen molar-refractivity contribution in [2.45, 2.75) is 49.8 Å². The molecule has 22 heavy (non-hydrogen) atoms. The van der Waals surface area contributed by atoms with Crippen LogP contribution in [0.15, 0.2) is 30.3 Å². The number of hydrogen-bond acceptors (Lipinski definition) is 4. The van der Waals surface area contributed by atoms with E-state index in [4.69, 9.17) is 20.9 Å². The highest BCUT2D eigenvalue weighted by Gasteiger charge is 2.40. The zero-order chi connectivity index (χ0) is 15.5. The van der Waals surface area contributed by atoms with Crippen LogP contribution < -0.4 is 0 Å². The summed E-state index contributed by atoms with van der Waals surface area (Å²) in [5, 5.41) is 0. The standard InChI is InChI=1S/C17H22ClNO3/c1-19-13-7-8-14(19)10-15(9-13)22-17(20)16(11-21-18)12-5-3-2-4-6-12/h2-6,13-16H,7-11H2,1H3/t13-,14+,15+,16?. The Balaban J connectivity index is 1.65. The van der Waals surface area contributed by atoms with Crippen molar-refractivity contribution >= 4 is 17.8 Å². The van der Waals surface area contributed by atoms with E-state index in [-0.39, 0.29) is 18.7 Å². The number of nitrogens with zero attached hydrogens (tertiary/aromatic N) is 1. The van der Waals surface area contributed by atoms with Gasteiger partial charge in [0.25, 0.3) is 0 Å². The lowest BCUT2D eigenvalue weighted by Gasteiger charge is -2.36. The molecule has 3 rings (SSSR count). The average molecular weight is 324 g/mol. The summed E-state index contributed by atoms with van der Waals surface area (Å²) in [6.07, 6.45) is 4.30. The molecule has 0 N–H and O–H groups in total. The summed E-state index contributed by atoms with van der Waals surface area (Å²) in [6.45, 7) is 0.129. The van der Waals surface area contributed by atoms with Crippen LogP contribution in [0.25, 0.3) is 0 Å². The Morgan fingerprint density at radius 2 is 1.91 bits per heavy atom. The first-order chi connectivity index (χ1) is 10.7. The molecule has 0 radical (unpaired) electrons. The molecular formula is C17H22ClNO3. The van der Waals surface area contributed by atoms with Gasteiger partial charge in [-0.05, 0) is 38.3 Å². The monoisotopic (exact) mass is 323 g/mol. The van der Waals surface area contributed by atoms with Crippen LogP contribution in [0.4, 0.5) is 0 Å². The second-order valence-electron chi connectivity index (χ2n) is 6.32. The summed E-state index contributed by atoms with van der Waals surface area (Å²) in [5.74, 6) is -0.697. The molecule has 5 heteroatoms. The SMILES string of the molecule is CN1[C@@H]2CC[C@H]1C[C@@H](OC(=O)C(COCl)c1ccccc1)C2. The van der Waals surface area contributed by atoms with Gasteiger partial charge in [0.2, 0.25) is 0 Å². The van der Waals surface area contributed by atoms with Gasteiger partial charge in [-0.15, -0.1) is 0 Å². The van der Waals surface area contributed by atoms with Gasteiger partial charge >= 0.3 is 5.97 Å². The van der Waals surface area contributed by atoms with Crippen LogP contribution in [0.2, 0.25) is 0 Å². The molecule has 2 saturated heterocycles. The van der Waals surface area contributed by atoms with E-state index in [2.05, 4.69) is 11.9 Å². The lowest BCUT2D eigenvalue weighted by atomic mass is 9.98. The highest BCUT2D eigenvalue weighted by molar-refractivity contribution is 6.07. The predicted molar refractivity (Wildman–Crippen MR) is 84.7 cm³/mol. The van der Waals surface area contributed by atoms with Crippen molar-refractivity contribution in [2.24, 2.45) is 0 Å². The molecular weight excluding hydrogens is 302 g/mol. The molecule has 1 aromatic rings. The minimum atomic E-state index is -0.462. The van der Waals surface area contributed by atoms with Crippen LogP contribution >= 0.6 is 11.9 Å². The van der Waals surface area contributed by atoms with Crippen molar-refractivity contribution in [3.63, 3.8) is 0 Å². The molecule has 0 spiro atoms. The first-order valence-corrected chi connectivity index (χ1v) is 8.20. The van der Waals surface area contributed by atoms with Crippen molar-refractivity contribution in [3.8, 4) is 0 Å². The van der Waals surface area contributed by atoms with Crippen LogP contribution in [0.3, 0.4) is 0 Å². The molecule has 1 unspecified atom stereocenters. The maximum Gasteiger partial charge on any atom is 0.316 e. The Kier molecular flexibility index (Phi) is 5.01. The molecule has 2 aliphatic rings. The van der Waals surface area contributed by atoms with E-state index in [0.29, 0.717) is 12.1 Å². The number of fused-ring (bicyclic) bond motifs is 2. The summed E-state index contributed by atoms with van der Waals surface area (Å²) < 4.78 is 10.5. The number of rotatable bonds is 5. The van der Waals surface area contributed by atoms with Gasteiger partial charge in [0, 0.05) is 12.1 Å². The van der Waals surface area contributed by atoms with Crippen LogP contribution in [-0.4, -0.2) is 42.7 Å². The fourth-order valence-electron chi connectivity index (χ4n) is 3.75. The molecule has 2 bridgehead atoms. The van der Waals surface area contributed by atoms with Crippen LogP contribution in [-0.2, 0) is 13.8 Å². The molecule has 4 atom stereocenters. The van der Waals surface area contributed by atoms with Crippen molar-refractivity contribution in [1.29, 1.82) is 0 Å². The third-order valence-corrected chi connectivity index (χ3v) is 5.18. The number of hydrogen-bond donors (Lipinski definition) is 0. The number of ether oxygens (including phenoxy) is 1. The Bertz CT molecular complexity index is 496. The summed E-state index contributed by atoms with van der Waals surface area (Å²) in [4.78, 5) is 15.0. The van der Waals surface area contributed by atoms with Crippen LogP contribution in [0, 0.1) is 0 Å². The smallest absolute Gasteiger partial charge is 0.316 e. The minimum absolute atomic E-state index is 0.0164. The largest absolute Gasteiger partial charge is 0.462 e. The quantitative estimate of drug-likeness (QED) is 0.780. The topological polar surface area (TPSA) is 38.8 Å². The Morgan fingerprint density at radius 3 is 2.50 bits per heavy atom. The molecule has 2 fully saturated rings. The number of piperidine rings is 1. The third-order valence-electron chi connectivity index (χ3n) is 5.05. The van der Waals surface area contributed by atoms with Gasteiger partial charge in [-0.2, -0.15) is 0 Å². The Morgan fingerprint density at radius 1 is 1.27 bits per heavy atom. The summed E-state index contributed by atoms with van der Waals surface area (Å²) in [6, 6.07) is 10.6. The maximum absolute atomic E-state index is 12.5. The second kappa shape index (κ2) is 6.99. The molecule has 0 saturated carbocycles. The minimum Gasteiger partial charge on any atom is -0.462 e. The van der Waals surface area contributed by atoms with Crippen LogP contribution in [0.5, 0.6) is 0 Å². The van der Waals surface area contributed by atoms with Crippen LogP contribution in [0.1, 0.15) is 37.2 Å². The van der Waals surface area contributed by atoms with Gasteiger partial charge in [-0.1, -0.05) is 30.3 Å². The van der Waals surface area contributed by atoms with Crippen molar-refractivity contribution in [3.05, 3.63) is 35.9 Å². The van der Waals surface area contributed by atoms with E-state index in [1.807, 2.05) is 30.3 Å². The van der Waals surface area contributed by atoms with E-state index in [9.17, 15) is 4.79 Å². The van der Waals surface area contributed by atoms with Gasteiger partial charge in [-0.3, -0.25) is 9.08 Å². The zero-order valence-corrected chi connectivity index (χ0v) is 13.5. The van der Waals surface area contributed by atoms with Gasteiger partial charge in [-0.25, -0.2) is 0 Å². The summed E-state index contributed by atoms with van der Waals surface area (Å²) >= 11 is 5.39. The Hall–Kier alpha value is -1.10. The normalized spacial score (nSPS) is 29.3. The fourth-order valence-corrected chi connectivity index (χ4v) is 3.88. The first-order valence-electron chi connectivity index (χ1n) is 7.90. The lowest BCUT2D eigenvalue weighted by molar-refractivity contribution is -0.155. The van der Waals surface area contributed by atoms with Crippen molar-refractivity contribution in [2.75, 3.05) is 13.7 Å². The highest BCUT2D eigenvalue weighted by Crippen LogP contribution is 2.36. The lowest BCUT2D eigenvalue weighted by Crippen LogP contribution is -2.43. The van der Waals surface area contributed by atoms with E-state index >= 15 is 0 Å². The highest BCUT2D eigenvalue weighted by atomic mass is 35.5.